The van der Waals surface area contributed by atoms with E-state index in [0.717, 1.165) is 36.8 Å². The fourth-order valence-electron chi connectivity index (χ4n) is 2.23. The van der Waals surface area contributed by atoms with Gasteiger partial charge in [-0.3, -0.25) is 0 Å². The lowest BCUT2D eigenvalue weighted by atomic mass is 10.1. The fourth-order valence-corrected chi connectivity index (χ4v) is 2.23. The van der Waals surface area contributed by atoms with E-state index in [1.807, 2.05) is 49.4 Å². The molecule has 0 unspecified atom stereocenters. The van der Waals surface area contributed by atoms with Crippen LogP contribution in [-0.4, -0.2) is 13.2 Å². The van der Waals surface area contributed by atoms with Gasteiger partial charge in [-0.1, -0.05) is 32.0 Å². The molecule has 0 atom stereocenters. The molecule has 124 valence electrons. The topological polar surface area (TPSA) is 30.5 Å². The standard InChI is InChI=1S/C20H27NO2/c1-4-22-19-11-9-18(10-12-19)21-15-17-7-5-6-8-20(17)23-14-13-16(2)3/h5-12,16,21H,4,13-15H2,1-3H3. The van der Waals surface area contributed by atoms with Crippen LogP contribution in [0.25, 0.3) is 0 Å². The van der Waals surface area contributed by atoms with Crippen LogP contribution in [0.15, 0.2) is 48.5 Å². The molecule has 0 aliphatic carbocycles. The van der Waals surface area contributed by atoms with Crippen LogP contribution in [0.2, 0.25) is 0 Å². The van der Waals surface area contributed by atoms with Crippen LogP contribution >= 0.6 is 0 Å². The molecule has 0 spiro atoms. The molecule has 23 heavy (non-hydrogen) atoms. The molecule has 3 nitrogen and oxygen atoms in total. The molecule has 0 saturated carbocycles. The molecule has 0 aliphatic rings. The van der Waals surface area contributed by atoms with Crippen molar-refractivity contribution >= 4 is 5.69 Å². The van der Waals surface area contributed by atoms with Crippen LogP contribution in [-0.2, 0) is 6.54 Å². The summed E-state index contributed by atoms with van der Waals surface area (Å²) in [5.41, 5.74) is 2.25. The third-order valence-electron chi connectivity index (χ3n) is 3.57. The first-order valence-electron chi connectivity index (χ1n) is 8.36. The number of ether oxygens (including phenoxy) is 2. The van der Waals surface area contributed by atoms with Gasteiger partial charge in [-0.25, -0.2) is 0 Å². The van der Waals surface area contributed by atoms with Crippen LogP contribution in [0.5, 0.6) is 11.5 Å². The molecule has 0 aromatic heterocycles. The molecule has 2 aromatic rings. The Morgan fingerprint density at radius 2 is 1.70 bits per heavy atom. The van der Waals surface area contributed by atoms with Crippen LogP contribution < -0.4 is 14.8 Å². The maximum Gasteiger partial charge on any atom is 0.124 e. The van der Waals surface area contributed by atoms with Crippen molar-refractivity contribution in [3.63, 3.8) is 0 Å². The predicted octanol–water partition coefficient (Wildman–Crippen LogP) is 5.12. The number of hydrogen-bond donors (Lipinski definition) is 1. The average Bonchev–Trinajstić information content (AvgIpc) is 2.55. The quantitative estimate of drug-likeness (QED) is 0.697. The summed E-state index contributed by atoms with van der Waals surface area (Å²) in [5, 5.41) is 3.43. The molecular weight excluding hydrogens is 286 g/mol. The van der Waals surface area contributed by atoms with Gasteiger partial charge in [-0.2, -0.15) is 0 Å². The maximum atomic E-state index is 5.93. The lowest BCUT2D eigenvalue weighted by Gasteiger charge is -2.14. The summed E-state index contributed by atoms with van der Waals surface area (Å²) >= 11 is 0. The van der Waals surface area contributed by atoms with Gasteiger partial charge in [0, 0.05) is 17.8 Å². The summed E-state index contributed by atoms with van der Waals surface area (Å²) in [5.74, 6) is 2.52. The number of rotatable bonds is 9. The normalized spacial score (nSPS) is 10.6. The Bertz CT molecular complexity index is 578. The van der Waals surface area contributed by atoms with Gasteiger partial charge in [0.25, 0.3) is 0 Å². The summed E-state index contributed by atoms with van der Waals surface area (Å²) in [6.45, 7) is 8.60. The molecule has 0 heterocycles. The highest BCUT2D eigenvalue weighted by Crippen LogP contribution is 2.21. The Balaban J connectivity index is 1.91. The number of nitrogens with one attached hydrogen (secondary N) is 1. The lowest BCUT2D eigenvalue weighted by Crippen LogP contribution is -2.06. The van der Waals surface area contributed by atoms with Crippen LogP contribution in [0.4, 0.5) is 5.69 Å². The van der Waals surface area contributed by atoms with Crippen molar-refractivity contribution in [3.8, 4) is 11.5 Å². The van der Waals surface area contributed by atoms with Gasteiger partial charge in [0.05, 0.1) is 13.2 Å². The summed E-state index contributed by atoms with van der Waals surface area (Å²) in [6.07, 6.45) is 1.07. The zero-order valence-corrected chi connectivity index (χ0v) is 14.3. The van der Waals surface area contributed by atoms with E-state index in [1.54, 1.807) is 0 Å². The molecule has 0 radical (unpaired) electrons. The minimum Gasteiger partial charge on any atom is -0.494 e. The van der Waals surface area contributed by atoms with Crippen LogP contribution in [0.1, 0.15) is 32.8 Å². The first kappa shape index (κ1) is 17.2. The molecule has 0 aliphatic heterocycles. The SMILES string of the molecule is CCOc1ccc(NCc2ccccc2OCCC(C)C)cc1. The Morgan fingerprint density at radius 1 is 0.957 bits per heavy atom. The van der Waals surface area contributed by atoms with Crippen LogP contribution in [0.3, 0.4) is 0 Å². The molecule has 0 fully saturated rings. The largest absolute Gasteiger partial charge is 0.494 e. The van der Waals surface area contributed by atoms with Gasteiger partial charge < -0.3 is 14.8 Å². The van der Waals surface area contributed by atoms with E-state index in [0.29, 0.717) is 12.5 Å². The van der Waals surface area contributed by atoms with Gasteiger partial charge in [0.15, 0.2) is 0 Å². The number of anilines is 1. The molecule has 0 saturated heterocycles. The highest BCUT2D eigenvalue weighted by Gasteiger charge is 2.04. The molecule has 0 amide bonds. The number of hydrogen-bond acceptors (Lipinski definition) is 3. The van der Waals surface area contributed by atoms with Gasteiger partial charge >= 0.3 is 0 Å². The van der Waals surface area contributed by atoms with Gasteiger partial charge in [0.1, 0.15) is 11.5 Å². The van der Waals surface area contributed by atoms with Crippen molar-refractivity contribution in [1.82, 2.24) is 0 Å². The van der Waals surface area contributed by atoms with Crippen molar-refractivity contribution in [3.05, 3.63) is 54.1 Å². The van der Waals surface area contributed by atoms with Crippen LogP contribution in [0, 0.1) is 5.92 Å². The molecule has 0 bridgehead atoms. The Morgan fingerprint density at radius 3 is 2.39 bits per heavy atom. The Kier molecular flexibility index (Phi) is 6.79. The molecular formula is C20H27NO2. The average molecular weight is 313 g/mol. The van der Waals surface area contributed by atoms with E-state index in [-0.39, 0.29) is 0 Å². The molecule has 3 heteroatoms. The summed E-state index contributed by atoms with van der Waals surface area (Å²) < 4.78 is 11.4. The second-order valence-corrected chi connectivity index (χ2v) is 5.95. The highest BCUT2D eigenvalue weighted by molar-refractivity contribution is 5.47. The fraction of sp³-hybridized carbons (Fsp3) is 0.400. The second kappa shape index (κ2) is 9.09. The van der Waals surface area contributed by atoms with E-state index < -0.39 is 0 Å². The number of para-hydroxylation sites is 1. The van der Waals surface area contributed by atoms with Crippen molar-refractivity contribution in [2.75, 3.05) is 18.5 Å². The third-order valence-corrected chi connectivity index (χ3v) is 3.57. The second-order valence-electron chi connectivity index (χ2n) is 5.95. The molecule has 1 N–H and O–H groups in total. The maximum absolute atomic E-state index is 5.93. The highest BCUT2D eigenvalue weighted by atomic mass is 16.5. The summed E-state index contributed by atoms with van der Waals surface area (Å²) in [4.78, 5) is 0. The summed E-state index contributed by atoms with van der Waals surface area (Å²) in [7, 11) is 0. The molecule has 2 aromatic carbocycles. The minimum absolute atomic E-state index is 0.657. The Hall–Kier alpha value is -2.16. The lowest BCUT2D eigenvalue weighted by molar-refractivity contribution is 0.287. The zero-order chi connectivity index (χ0) is 16.5. The van der Waals surface area contributed by atoms with Gasteiger partial charge in [-0.05, 0) is 49.6 Å². The van der Waals surface area contributed by atoms with E-state index in [2.05, 4.69) is 25.2 Å². The Labute approximate surface area is 139 Å². The van der Waals surface area contributed by atoms with E-state index >= 15 is 0 Å². The van der Waals surface area contributed by atoms with E-state index in [4.69, 9.17) is 9.47 Å². The van der Waals surface area contributed by atoms with Crippen molar-refractivity contribution in [1.29, 1.82) is 0 Å². The number of benzene rings is 2. The van der Waals surface area contributed by atoms with Crippen molar-refractivity contribution in [2.45, 2.75) is 33.7 Å². The first-order chi connectivity index (χ1) is 11.2. The predicted molar refractivity (Wildman–Crippen MR) is 96.3 cm³/mol. The van der Waals surface area contributed by atoms with Gasteiger partial charge in [0.2, 0.25) is 0 Å². The zero-order valence-electron chi connectivity index (χ0n) is 14.3. The van der Waals surface area contributed by atoms with Crippen molar-refractivity contribution < 1.29 is 9.47 Å². The van der Waals surface area contributed by atoms with Gasteiger partial charge in [-0.15, -0.1) is 0 Å². The first-order valence-corrected chi connectivity index (χ1v) is 8.36. The smallest absolute Gasteiger partial charge is 0.124 e. The molecule has 2 rings (SSSR count). The monoisotopic (exact) mass is 313 g/mol. The third kappa shape index (κ3) is 5.85. The van der Waals surface area contributed by atoms with E-state index in [9.17, 15) is 0 Å². The summed E-state index contributed by atoms with van der Waals surface area (Å²) in [6, 6.07) is 16.2. The van der Waals surface area contributed by atoms with Crippen molar-refractivity contribution in [2.24, 2.45) is 5.92 Å². The van der Waals surface area contributed by atoms with E-state index in [1.165, 1.54) is 5.56 Å². The minimum atomic E-state index is 0.657.